The maximum absolute atomic E-state index is 13.0. The highest BCUT2D eigenvalue weighted by Gasteiger charge is 2.27. The van der Waals surface area contributed by atoms with Crippen LogP contribution in [-0.2, 0) is 35.4 Å². The number of fused-ring (bicyclic) bond motifs is 2. The summed E-state index contributed by atoms with van der Waals surface area (Å²) in [4.78, 5) is 36.1. The number of ether oxygens (including phenoxy) is 2. The Morgan fingerprint density at radius 2 is 2.09 bits per heavy atom. The van der Waals surface area contributed by atoms with Gasteiger partial charge in [-0.1, -0.05) is 6.07 Å². The van der Waals surface area contributed by atoms with Gasteiger partial charge in [0.05, 0.1) is 13.2 Å². The van der Waals surface area contributed by atoms with Gasteiger partial charge in [0.1, 0.15) is 29.1 Å². The number of hydrogen-bond acceptors (Lipinski definition) is 8. The fraction of sp³-hybridized carbons (Fsp3) is 0.417. The summed E-state index contributed by atoms with van der Waals surface area (Å²) in [7, 11) is 0. The summed E-state index contributed by atoms with van der Waals surface area (Å²) in [6.45, 7) is 2.85. The van der Waals surface area contributed by atoms with Crippen molar-refractivity contribution in [2.45, 2.75) is 44.9 Å². The molecule has 0 aromatic carbocycles. The summed E-state index contributed by atoms with van der Waals surface area (Å²) in [5.41, 5.74) is 2.83. The quantitative estimate of drug-likeness (QED) is 0.609. The summed E-state index contributed by atoms with van der Waals surface area (Å²) < 4.78 is 12.9. The van der Waals surface area contributed by atoms with E-state index >= 15 is 0 Å². The molecule has 1 saturated heterocycles. The van der Waals surface area contributed by atoms with E-state index in [4.69, 9.17) is 9.47 Å². The van der Waals surface area contributed by atoms with Gasteiger partial charge in [-0.3, -0.25) is 9.78 Å². The van der Waals surface area contributed by atoms with Gasteiger partial charge in [-0.2, -0.15) is 0 Å². The number of carbonyl (C=O) groups is 2. The molecule has 3 aromatic heterocycles. The average Bonchev–Trinajstić information content (AvgIpc) is 3.63. The fourth-order valence-electron chi connectivity index (χ4n) is 4.69. The lowest BCUT2D eigenvalue weighted by Crippen LogP contribution is -2.38. The number of aromatic nitrogens is 5. The molecule has 11 heteroatoms. The van der Waals surface area contributed by atoms with Crippen molar-refractivity contribution in [1.29, 1.82) is 0 Å². The van der Waals surface area contributed by atoms with Crippen molar-refractivity contribution < 1.29 is 19.1 Å². The molecule has 180 valence electrons. The summed E-state index contributed by atoms with van der Waals surface area (Å²) >= 11 is 0. The van der Waals surface area contributed by atoms with Crippen LogP contribution in [0.5, 0.6) is 0 Å². The number of amides is 2. The highest BCUT2D eigenvalue weighted by molar-refractivity contribution is 6.02. The smallest absolute Gasteiger partial charge is 0.410 e. The maximum Gasteiger partial charge on any atom is 0.410 e. The van der Waals surface area contributed by atoms with Gasteiger partial charge in [-0.15, -0.1) is 10.2 Å². The van der Waals surface area contributed by atoms with Crippen molar-refractivity contribution >= 4 is 17.8 Å². The van der Waals surface area contributed by atoms with E-state index in [1.807, 2.05) is 12.1 Å². The van der Waals surface area contributed by atoms with Crippen LogP contribution in [0.15, 0.2) is 30.5 Å². The SMILES string of the molecule is O=C(Nc1cccc(-c2nnc3n2CCC3)n1)c1cc2c(cn1)CCN(C(=O)OC1CCOC1)C2. The van der Waals surface area contributed by atoms with E-state index in [-0.39, 0.29) is 23.8 Å². The molecular formula is C24H25N7O4. The van der Waals surface area contributed by atoms with Crippen LogP contribution in [0.25, 0.3) is 11.5 Å². The summed E-state index contributed by atoms with van der Waals surface area (Å²) in [5.74, 6) is 1.71. The molecule has 0 radical (unpaired) electrons. The third-order valence-electron chi connectivity index (χ3n) is 6.57. The molecule has 0 spiro atoms. The average molecular weight is 476 g/mol. The van der Waals surface area contributed by atoms with Crippen LogP contribution >= 0.6 is 0 Å². The number of nitrogens with one attached hydrogen (secondary N) is 1. The van der Waals surface area contributed by atoms with Crippen LogP contribution in [0.4, 0.5) is 10.6 Å². The monoisotopic (exact) mass is 475 g/mol. The number of nitrogens with zero attached hydrogens (tertiary/aromatic N) is 6. The van der Waals surface area contributed by atoms with Gasteiger partial charge in [0, 0.05) is 38.7 Å². The Labute approximate surface area is 201 Å². The zero-order valence-corrected chi connectivity index (χ0v) is 19.1. The topological polar surface area (TPSA) is 124 Å². The molecule has 1 fully saturated rings. The molecule has 1 N–H and O–H groups in total. The number of hydrogen-bond donors (Lipinski definition) is 1. The van der Waals surface area contributed by atoms with E-state index in [1.165, 1.54) is 0 Å². The van der Waals surface area contributed by atoms with Crippen molar-refractivity contribution in [2.24, 2.45) is 0 Å². The minimum Gasteiger partial charge on any atom is -0.444 e. The van der Waals surface area contributed by atoms with Gasteiger partial charge in [-0.05, 0) is 42.2 Å². The van der Waals surface area contributed by atoms with E-state index in [1.54, 1.807) is 23.2 Å². The molecule has 6 rings (SSSR count). The first-order valence-electron chi connectivity index (χ1n) is 11.9. The standard InChI is InChI=1S/C24H25N7O4/c32-23(27-20-4-1-3-18(26-20)22-29-28-21-5-2-8-31(21)22)19-11-16-13-30(9-6-15(16)12-25-19)24(33)35-17-7-10-34-14-17/h1,3-4,11-12,17H,2,5-10,13-14H2,(H,26,27,32). The Bertz CT molecular complexity index is 1280. The zero-order valence-electron chi connectivity index (χ0n) is 19.1. The first-order chi connectivity index (χ1) is 17.1. The molecule has 1 atom stereocenters. The largest absolute Gasteiger partial charge is 0.444 e. The minimum absolute atomic E-state index is 0.190. The van der Waals surface area contributed by atoms with Crippen LogP contribution < -0.4 is 5.32 Å². The number of carbonyl (C=O) groups excluding carboxylic acids is 2. The number of pyridine rings is 2. The molecule has 2 amide bonds. The van der Waals surface area contributed by atoms with Gasteiger partial charge < -0.3 is 24.3 Å². The minimum atomic E-state index is -0.369. The Morgan fingerprint density at radius 3 is 2.97 bits per heavy atom. The van der Waals surface area contributed by atoms with Crippen LogP contribution in [0.1, 0.15) is 40.3 Å². The van der Waals surface area contributed by atoms with E-state index in [9.17, 15) is 9.59 Å². The van der Waals surface area contributed by atoms with E-state index in [2.05, 4.69) is 30.0 Å². The molecule has 3 aliphatic heterocycles. The van der Waals surface area contributed by atoms with E-state index in [0.29, 0.717) is 50.1 Å². The molecule has 11 nitrogen and oxygen atoms in total. The molecule has 0 bridgehead atoms. The Morgan fingerprint density at radius 1 is 1.14 bits per heavy atom. The number of rotatable bonds is 4. The lowest BCUT2D eigenvalue weighted by molar-refractivity contribution is 0.0516. The zero-order chi connectivity index (χ0) is 23.8. The molecule has 0 aliphatic carbocycles. The predicted octanol–water partition coefficient (Wildman–Crippen LogP) is 2.22. The Hall–Kier alpha value is -3.86. The third-order valence-corrected chi connectivity index (χ3v) is 6.57. The van der Waals surface area contributed by atoms with Gasteiger partial charge in [0.25, 0.3) is 5.91 Å². The lowest BCUT2D eigenvalue weighted by Gasteiger charge is -2.29. The van der Waals surface area contributed by atoms with Crippen LogP contribution in [0, 0.1) is 0 Å². The van der Waals surface area contributed by atoms with Gasteiger partial charge in [-0.25, -0.2) is 9.78 Å². The summed E-state index contributed by atoms with van der Waals surface area (Å²) in [5, 5.41) is 11.3. The van der Waals surface area contributed by atoms with Crippen molar-refractivity contribution in [2.75, 3.05) is 25.1 Å². The van der Waals surface area contributed by atoms with E-state index < -0.39 is 0 Å². The third kappa shape index (κ3) is 4.34. The van der Waals surface area contributed by atoms with Crippen LogP contribution in [0.2, 0.25) is 0 Å². The second-order valence-corrected chi connectivity index (χ2v) is 8.94. The summed E-state index contributed by atoms with van der Waals surface area (Å²) in [6.07, 6.45) is 4.51. The lowest BCUT2D eigenvalue weighted by atomic mass is 10.0. The maximum atomic E-state index is 13.0. The molecule has 35 heavy (non-hydrogen) atoms. The highest BCUT2D eigenvalue weighted by Crippen LogP contribution is 2.24. The first kappa shape index (κ1) is 21.7. The highest BCUT2D eigenvalue weighted by atomic mass is 16.6. The number of anilines is 1. The predicted molar refractivity (Wildman–Crippen MR) is 124 cm³/mol. The molecule has 3 aromatic rings. The van der Waals surface area contributed by atoms with Crippen molar-refractivity contribution in [3.63, 3.8) is 0 Å². The van der Waals surface area contributed by atoms with Gasteiger partial charge in [0.2, 0.25) is 0 Å². The van der Waals surface area contributed by atoms with Crippen molar-refractivity contribution in [3.05, 3.63) is 53.1 Å². The van der Waals surface area contributed by atoms with E-state index in [0.717, 1.165) is 42.8 Å². The van der Waals surface area contributed by atoms with Crippen LogP contribution in [-0.4, -0.2) is 67.5 Å². The summed E-state index contributed by atoms with van der Waals surface area (Å²) in [6, 6.07) is 7.14. The fourth-order valence-corrected chi connectivity index (χ4v) is 4.69. The Kier molecular flexibility index (Phi) is 5.61. The van der Waals surface area contributed by atoms with Gasteiger partial charge >= 0.3 is 6.09 Å². The molecule has 0 saturated carbocycles. The number of aryl methyl sites for hydroxylation is 1. The second-order valence-electron chi connectivity index (χ2n) is 8.94. The van der Waals surface area contributed by atoms with Crippen molar-refractivity contribution in [1.82, 2.24) is 29.6 Å². The van der Waals surface area contributed by atoms with Crippen molar-refractivity contribution in [3.8, 4) is 11.5 Å². The van der Waals surface area contributed by atoms with Gasteiger partial charge in [0.15, 0.2) is 5.82 Å². The molecule has 3 aliphatic rings. The molecule has 1 unspecified atom stereocenters. The normalized spacial score (nSPS) is 18.7. The Balaban J connectivity index is 1.15. The first-order valence-corrected chi connectivity index (χ1v) is 11.9. The van der Waals surface area contributed by atoms with Crippen LogP contribution in [0.3, 0.4) is 0 Å². The molecule has 6 heterocycles. The second kappa shape index (κ2) is 9.06. The molecular weight excluding hydrogens is 450 g/mol.